The molecule has 1 fully saturated rings. The first kappa shape index (κ1) is 24.5. The number of nitrogens with zero attached hydrogens (tertiary/aromatic N) is 2. The van der Waals surface area contributed by atoms with Crippen LogP contribution in [0.25, 0.3) is 0 Å². The highest BCUT2D eigenvalue weighted by atomic mass is 127. The molecule has 1 aromatic rings. The lowest BCUT2D eigenvalue weighted by atomic mass is 9.84. The number of likely N-dealkylation sites (tertiary alicyclic amines) is 1. The molecule has 1 heterocycles. The first-order valence-electron chi connectivity index (χ1n) is 9.86. The van der Waals surface area contributed by atoms with Gasteiger partial charge in [0.2, 0.25) is 5.91 Å². The van der Waals surface area contributed by atoms with Crippen LogP contribution in [0.5, 0.6) is 5.75 Å². The van der Waals surface area contributed by atoms with Crippen LogP contribution in [0.1, 0.15) is 46.1 Å². The van der Waals surface area contributed by atoms with Gasteiger partial charge in [-0.1, -0.05) is 32.9 Å². The highest BCUT2D eigenvalue weighted by Gasteiger charge is 2.26. The van der Waals surface area contributed by atoms with Crippen molar-refractivity contribution in [2.24, 2.45) is 4.99 Å². The number of nitrogens with one attached hydrogen (secondary N) is 2. The van der Waals surface area contributed by atoms with Gasteiger partial charge in [0.1, 0.15) is 5.75 Å². The lowest BCUT2D eigenvalue weighted by molar-refractivity contribution is -0.129. The lowest BCUT2D eigenvalue weighted by Gasteiger charge is -2.25. The minimum absolute atomic E-state index is 0. The van der Waals surface area contributed by atoms with Crippen LogP contribution in [0.2, 0.25) is 0 Å². The van der Waals surface area contributed by atoms with E-state index in [1.54, 1.807) is 7.11 Å². The predicted molar refractivity (Wildman–Crippen MR) is 126 cm³/mol. The van der Waals surface area contributed by atoms with Gasteiger partial charge in [0.25, 0.3) is 0 Å². The van der Waals surface area contributed by atoms with Gasteiger partial charge in [-0.05, 0) is 31.0 Å². The van der Waals surface area contributed by atoms with E-state index < -0.39 is 0 Å². The van der Waals surface area contributed by atoms with Gasteiger partial charge < -0.3 is 20.3 Å². The summed E-state index contributed by atoms with van der Waals surface area (Å²) in [5.74, 6) is 1.89. The summed E-state index contributed by atoms with van der Waals surface area (Å²) < 4.78 is 5.35. The van der Waals surface area contributed by atoms with Crippen LogP contribution in [0.3, 0.4) is 0 Å². The Bertz CT molecular complexity index is 664. The Balaban J connectivity index is 0.00000392. The van der Waals surface area contributed by atoms with Crippen molar-refractivity contribution in [1.29, 1.82) is 0 Å². The highest BCUT2D eigenvalue weighted by molar-refractivity contribution is 14.0. The lowest BCUT2D eigenvalue weighted by Crippen LogP contribution is -2.45. The van der Waals surface area contributed by atoms with E-state index in [2.05, 4.69) is 43.5 Å². The third-order valence-corrected chi connectivity index (χ3v) is 5.01. The van der Waals surface area contributed by atoms with Crippen LogP contribution in [0.4, 0.5) is 0 Å². The Hall–Kier alpha value is -1.51. The zero-order valence-corrected chi connectivity index (χ0v) is 20.1. The number of hydrogen-bond donors (Lipinski definition) is 2. The van der Waals surface area contributed by atoms with Crippen molar-refractivity contribution in [2.45, 2.75) is 52.0 Å². The van der Waals surface area contributed by atoms with E-state index in [0.29, 0.717) is 13.0 Å². The molecule has 1 aliphatic heterocycles. The minimum atomic E-state index is -0.114. The van der Waals surface area contributed by atoms with Crippen LogP contribution in [-0.2, 0) is 10.2 Å². The number of amides is 1. The van der Waals surface area contributed by atoms with Crippen LogP contribution in [0.15, 0.2) is 29.3 Å². The van der Waals surface area contributed by atoms with Crippen LogP contribution < -0.4 is 15.4 Å². The summed E-state index contributed by atoms with van der Waals surface area (Å²) in [5.41, 5.74) is 1.08. The summed E-state index contributed by atoms with van der Waals surface area (Å²) >= 11 is 0. The normalized spacial score (nSPS) is 17.1. The van der Waals surface area contributed by atoms with Gasteiger partial charge in [-0.15, -0.1) is 24.0 Å². The van der Waals surface area contributed by atoms with Gasteiger partial charge in [0, 0.05) is 37.5 Å². The fourth-order valence-corrected chi connectivity index (χ4v) is 3.25. The van der Waals surface area contributed by atoms with E-state index in [1.807, 2.05) is 24.0 Å². The molecule has 7 heteroatoms. The van der Waals surface area contributed by atoms with E-state index >= 15 is 0 Å². The van der Waals surface area contributed by atoms with E-state index in [-0.39, 0.29) is 41.3 Å². The fraction of sp³-hybridized carbons (Fsp3) is 0.619. The number of guanidine groups is 1. The second-order valence-electron chi connectivity index (χ2n) is 7.63. The molecule has 1 aromatic carbocycles. The number of carbonyl (C=O) groups excluding carboxylic acids is 1. The van der Waals surface area contributed by atoms with E-state index in [0.717, 1.165) is 37.8 Å². The Labute approximate surface area is 186 Å². The summed E-state index contributed by atoms with van der Waals surface area (Å²) in [6, 6.07) is 8.40. The molecule has 1 unspecified atom stereocenters. The standard InChI is InChI=1S/C21H34N4O2.HI/c1-6-19(26)25-12-11-17(14-25)24-20(22-7-2)23-15-21(3,4)16-9-8-10-18(13-16)27-5;/h8-10,13,17H,6-7,11-12,14-15H2,1-5H3,(H2,22,23,24);1H. The van der Waals surface area contributed by atoms with E-state index in [4.69, 9.17) is 9.73 Å². The molecule has 1 aliphatic rings. The number of halogens is 1. The molecule has 28 heavy (non-hydrogen) atoms. The van der Waals surface area contributed by atoms with Crippen molar-refractivity contribution in [2.75, 3.05) is 33.3 Å². The summed E-state index contributed by atoms with van der Waals surface area (Å²) in [5, 5.41) is 6.82. The van der Waals surface area contributed by atoms with Crippen LogP contribution >= 0.6 is 24.0 Å². The Kier molecular flexibility index (Phi) is 10.1. The molecular weight excluding hydrogens is 467 g/mol. The first-order valence-corrected chi connectivity index (χ1v) is 9.86. The van der Waals surface area contributed by atoms with E-state index in [9.17, 15) is 4.79 Å². The average molecular weight is 502 g/mol. The summed E-state index contributed by atoms with van der Waals surface area (Å²) in [7, 11) is 1.69. The maximum Gasteiger partial charge on any atom is 0.222 e. The van der Waals surface area contributed by atoms with Crippen LogP contribution in [-0.4, -0.2) is 56.1 Å². The third-order valence-electron chi connectivity index (χ3n) is 5.01. The molecule has 2 N–H and O–H groups in total. The predicted octanol–water partition coefficient (Wildman–Crippen LogP) is 3.16. The number of rotatable bonds is 7. The van der Waals surface area contributed by atoms with Gasteiger partial charge >= 0.3 is 0 Å². The number of carbonyl (C=O) groups is 1. The maximum atomic E-state index is 11.9. The molecule has 1 amide bonds. The largest absolute Gasteiger partial charge is 0.497 e. The van der Waals surface area contributed by atoms with Crippen molar-refractivity contribution in [3.05, 3.63) is 29.8 Å². The summed E-state index contributed by atoms with van der Waals surface area (Å²) in [4.78, 5) is 18.6. The number of hydrogen-bond acceptors (Lipinski definition) is 3. The molecule has 0 radical (unpaired) electrons. The molecule has 158 valence electrons. The monoisotopic (exact) mass is 502 g/mol. The highest BCUT2D eigenvalue weighted by Crippen LogP contribution is 2.26. The summed E-state index contributed by atoms with van der Waals surface area (Å²) in [6.45, 7) is 11.4. The molecule has 1 saturated heterocycles. The third kappa shape index (κ3) is 6.83. The zero-order chi connectivity index (χ0) is 19.9. The minimum Gasteiger partial charge on any atom is -0.497 e. The van der Waals surface area contributed by atoms with Crippen LogP contribution in [0, 0.1) is 0 Å². The van der Waals surface area contributed by atoms with Crippen molar-refractivity contribution in [3.63, 3.8) is 0 Å². The number of methoxy groups -OCH3 is 1. The Morgan fingerprint density at radius 1 is 1.36 bits per heavy atom. The molecule has 0 bridgehead atoms. The number of aliphatic imine (C=N–C) groups is 1. The Morgan fingerprint density at radius 2 is 2.11 bits per heavy atom. The molecule has 0 saturated carbocycles. The molecule has 1 atom stereocenters. The van der Waals surface area contributed by atoms with Gasteiger partial charge in [0.05, 0.1) is 13.7 Å². The van der Waals surface area contributed by atoms with Crippen molar-refractivity contribution in [1.82, 2.24) is 15.5 Å². The zero-order valence-electron chi connectivity index (χ0n) is 17.7. The maximum absolute atomic E-state index is 11.9. The van der Waals surface area contributed by atoms with Gasteiger partial charge in [0.15, 0.2) is 5.96 Å². The summed E-state index contributed by atoms with van der Waals surface area (Å²) in [6.07, 6.45) is 1.52. The topological polar surface area (TPSA) is 66.0 Å². The van der Waals surface area contributed by atoms with Gasteiger partial charge in [-0.3, -0.25) is 9.79 Å². The fourth-order valence-electron chi connectivity index (χ4n) is 3.25. The SMILES string of the molecule is CCNC(=NCC(C)(C)c1cccc(OC)c1)NC1CCN(C(=O)CC)C1.I. The second-order valence-corrected chi connectivity index (χ2v) is 7.63. The van der Waals surface area contributed by atoms with Gasteiger partial charge in [-0.2, -0.15) is 0 Å². The average Bonchev–Trinajstić information content (AvgIpc) is 3.14. The van der Waals surface area contributed by atoms with E-state index in [1.165, 1.54) is 5.56 Å². The van der Waals surface area contributed by atoms with Gasteiger partial charge in [-0.25, -0.2) is 0 Å². The number of ether oxygens (including phenoxy) is 1. The molecule has 6 nitrogen and oxygen atoms in total. The van der Waals surface area contributed by atoms with Crippen molar-refractivity contribution >= 4 is 35.8 Å². The first-order chi connectivity index (χ1) is 12.9. The molecule has 0 aromatic heterocycles. The smallest absolute Gasteiger partial charge is 0.222 e. The van der Waals surface area contributed by atoms with Crippen molar-refractivity contribution < 1.29 is 9.53 Å². The Morgan fingerprint density at radius 3 is 2.75 bits per heavy atom. The quantitative estimate of drug-likeness (QED) is 0.342. The molecule has 0 spiro atoms. The number of benzene rings is 1. The molecular formula is C21H35IN4O2. The van der Waals surface area contributed by atoms with Crippen molar-refractivity contribution in [3.8, 4) is 5.75 Å². The second kappa shape index (κ2) is 11.5. The molecule has 2 rings (SSSR count). The molecule has 0 aliphatic carbocycles.